The number of hydrogen-bond acceptors (Lipinski definition) is 2. The molecule has 1 aromatic rings. The molecule has 2 N–H and O–H groups in total. The van der Waals surface area contributed by atoms with Crippen molar-refractivity contribution in [3.63, 3.8) is 0 Å². The predicted molar refractivity (Wildman–Crippen MR) is 79.7 cm³/mol. The summed E-state index contributed by atoms with van der Waals surface area (Å²) in [4.78, 5) is 23.8. The second-order valence-electron chi connectivity index (χ2n) is 4.96. The minimum atomic E-state index is -1.02. The first-order valence-corrected chi connectivity index (χ1v) is 6.28. The van der Waals surface area contributed by atoms with Crippen LogP contribution in [0.1, 0.15) is 26.3 Å². The maximum atomic E-state index is 11.9. The molecule has 0 aliphatic heterocycles. The van der Waals surface area contributed by atoms with Gasteiger partial charge in [0.05, 0.1) is 0 Å². The quantitative estimate of drug-likeness (QED) is 0.638. The van der Waals surface area contributed by atoms with Crippen molar-refractivity contribution in [3.05, 3.63) is 60.2 Å². The highest BCUT2D eigenvalue weighted by Gasteiger charge is 2.30. The van der Waals surface area contributed by atoms with Crippen molar-refractivity contribution in [3.8, 4) is 0 Å². The molecule has 0 saturated heterocycles. The Morgan fingerprint density at radius 2 is 1.35 bits per heavy atom. The van der Waals surface area contributed by atoms with E-state index in [1.54, 1.807) is 20.8 Å². The molecule has 0 atom stereocenters. The standard InChI is InChI=1S/C16H20N2O2/c1-11(2)14(19)17-16(5,18-15(20)12(3)4)13-9-7-6-8-10-13/h6-10H,1,3H2,2,4-5H3,(H,17,19)(H,18,20). The fourth-order valence-corrected chi connectivity index (χ4v) is 1.61. The third-order valence-corrected chi connectivity index (χ3v) is 2.85. The number of benzene rings is 1. The average Bonchev–Trinajstić information content (AvgIpc) is 2.39. The molecule has 0 bridgehead atoms. The normalized spacial score (nSPS) is 10.6. The molecule has 4 nitrogen and oxygen atoms in total. The van der Waals surface area contributed by atoms with Crippen LogP contribution in [0.2, 0.25) is 0 Å². The molecule has 2 amide bonds. The summed E-state index contributed by atoms with van der Waals surface area (Å²) in [6.07, 6.45) is 0. The van der Waals surface area contributed by atoms with Crippen LogP contribution in [0.3, 0.4) is 0 Å². The molecule has 20 heavy (non-hydrogen) atoms. The molecular formula is C16H20N2O2. The average molecular weight is 272 g/mol. The van der Waals surface area contributed by atoms with E-state index in [-0.39, 0.29) is 11.8 Å². The van der Waals surface area contributed by atoms with Crippen molar-refractivity contribution in [2.75, 3.05) is 0 Å². The molecule has 1 rings (SSSR count). The van der Waals surface area contributed by atoms with Crippen molar-refractivity contribution in [1.82, 2.24) is 10.6 Å². The predicted octanol–water partition coefficient (Wildman–Crippen LogP) is 2.24. The third-order valence-electron chi connectivity index (χ3n) is 2.85. The fraction of sp³-hybridized carbons (Fsp3) is 0.250. The van der Waals surface area contributed by atoms with Crippen molar-refractivity contribution in [1.29, 1.82) is 0 Å². The molecule has 0 spiro atoms. The first-order chi connectivity index (χ1) is 9.26. The summed E-state index contributed by atoms with van der Waals surface area (Å²) in [6.45, 7) is 12.2. The maximum Gasteiger partial charge on any atom is 0.248 e. The first-order valence-electron chi connectivity index (χ1n) is 6.28. The van der Waals surface area contributed by atoms with Crippen LogP contribution >= 0.6 is 0 Å². The summed E-state index contributed by atoms with van der Waals surface area (Å²) in [6, 6.07) is 9.21. The van der Waals surface area contributed by atoms with Gasteiger partial charge in [-0.1, -0.05) is 43.5 Å². The van der Waals surface area contributed by atoms with Crippen molar-refractivity contribution < 1.29 is 9.59 Å². The van der Waals surface area contributed by atoms with E-state index < -0.39 is 5.66 Å². The van der Waals surface area contributed by atoms with Gasteiger partial charge in [-0.15, -0.1) is 0 Å². The van der Waals surface area contributed by atoms with E-state index in [9.17, 15) is 9.59 Å². The van der Waals surface area contributed by atoms with E-state index in [1.807, 2.05) is 30.3 Å². The fourth-order valence-electron chi connectivity index (χ4n) is 1.61. The van der Waals surface area contributed by atoms with Crippen LogP contribution in [0.15, 0.2) is 54.6 Å². The van der Waals surface area contributed by atoms with Gasteiger partial charge in [0, 0.05) is 11.1 Å². The molecule has 106 valence electrons. The van der Waals surface area contributed by atoms with E-state index in [2.05, 4.69) is 23.8 Å². The van der Waals surface area contributed by atoms with E-state index in [0.29, 0.717) is 11.1 Å². The zero-order valence-corrected chi connectivity index (χ0v) is 12.1. The van der Waals surface area contributed by atoms with Gasteiger partial charge in [-0.2, -0.15) is 0 Å². The lowest BCUT2D eigenvalue weighted by atomic mass is 10.00. The summed E-state index contributed by atoms with van der Waals surface area (Å²) in [5.74, 6) is -0.642. The highest BCUT2D eigenvalue weighted by Crippen LogP contribution is 2.18. The van der Waals surface area contributed by atoms with Crippen LogP contribution in [0.5, 0.6) is 0 Å². The largest absolute Gasteiger partial charge is 0.326 e. The number of rotatable bonds is 5. The van der Waals surface area contributed by atoms with Crippen molar-refractivity contribution in [2.45, 2.75) is 26.4 Å². The molecule has 0 fully saturated rings. The molecule has 0 aliphatic carbocycles. The zero-order valence-electron chi connectivity index (χ0n) is 12.1. The summed E-state index contributed by atoms with van der Waals surface area (Å²) < 4.78 is 0. The van der Waals surface area contributed by atoms with E-state index >= 15 is 0 Å². The summed E-state index contributed by atoms with van der Waals surface area (Å²) >= 11 is 0. The van der Waals surface area contributed by atoms with Gasteiger partial charge < -0.3 is 10.6 Å². The maximum absolute atomic E-state index is 11.9. The van der Waals surface area contributed by atoms with Gasteiger partial charge in [0.2, 0.25) is 11.8 Å². The first kappa shape index (κ1) is 15.7. The molecule has 4 heteroatoms. The lowest BCUT2D eigenvalue weighted by Crippen LogP contribution is -2.56. The van der Waals surface area contributed by atoms with Crippen molar-refractivity contribution >= 4 is 11.8 Å². The van der Waals surface area contributed by atoms with Crippen molar-refractivity contribution in [2.24, 2.45) is 0 Å². The van der Waals surface area contributed by atoms with Crippen LogP contribution in [0.4, 0.5) is 0 Å². The summed E-state index contributed by atoms with van der Waals surface area (Å²) in [5.41, 5.74) is 0.491. The van der Waals surface area contributed by atoms with E-state index in [0.717, 1.165) is 5.56 Å². The highest BCUT2D eigenvalue weighted by atomic mass is 16.2. The Labute approximate surface area is 119 Å². The zero-order chi connectivity index (χ0) is 15.3. The van der Waals surface area contributed by atoms with Crippen LogP contribution in [0, 0.1) is 0 Å². The number of carbonyl (C=O) groups excluding carboxylic acids is 2. The minimum Gasteiger partial charge on any atom is -0.326 e. The minimum absolute atomic E-state index is 0.321. The van der Waals surface area contributed by atoms with Gasteiger partial charge >= 0.3 is 0 Å². The number of hydrogen-bond donors (Lipinski definition) is 2. The Hall–Kier alpha value is -2.36. The SMILES string of the molecule is C=C(C)C(=O)NC(C)(NC(=O)C(=C)C)c1ccccc1. The highest BCUT2D eigenvalue weighted by molar-refractivity contribution is 5.95. The number of carbonyl (C=O) groups is 2. The second kappa shape index (κ2) is 6.19. The third kappa shape index (κ3) is 3.82. The molecule has 0 unspecified atom stereocenters. The second-order valence-corrected chi connectivity index (χ2v) is 4.96. The van der Waals surface area contributed by atoms with E-state index in [4.69, 9.17) is 0 Å². The van der Waals surface area contributed by atoms with Crippen LogP contribution < -0.4 is 10.6 Å². The Morgan fingerprint density at radius 1 is 0.950 bits per heavy atom. The Bertz CT molecular complexity index is 519. The lowest BCUT2D eigenvalue weighted by Gasteiger charge is -2.32. The molecule has 0 saturated carbocycles. The Morgan fingerprint density at radius 3 is 1.70 bits per heavy atom. The van der Waals surface area contributed by atoms with E-state index in [1.165, 1.54) is 0 Å². The Kier molecular flexibility index (Phi) is 4.86. The molecule has 0 aromatic heterocycles. The smallest absolute Gasteiger partial charge is 0.248 e. The number of amides is 2. The van der Waals surface area contributed by atoms with Gasteiger partial charge in [0.15, 0.2) is 0 Å². The van der Waals surface area contributed by atoms with Gasteiger partial charge in [0.25, 0.3) is 0 Å². The molecule has 0 aliphatic rings. The van der Waals surface area contributed by atoms with Crippen LogP contribution in [-0.2, 0) is 15.3 Å². The molecule has 1 aromatic carbocycles. The summed E-state index contributed by atoms with van der Waals surface area (Å²) in [5, 5.41) is 5.57. The lowest BCUT2D eigenvalue weighted by molar-refractivity contribution is -0.123. The molecular weight excluding hydrogens is 252 g/mol. The molecule has 0 heterocycles. The summed E-state index contributed by atoms with van der Waals surface area (Å²) in [7, 11) is 0. The van der Waals surface area contributed by atoms with Gasteiger partial charge in [-0.25, -0.2) is 0 Å². The van der Waals surface area contributed by atoms with Gasteiger partial charge in [-0.3, -0.25) is 9.59 Å². The Balaban J connectivity index is 3.12. The van der Waals surface area contributed by atoms with Gasteiger partial charge in [-0.05, 0) is 26.3 Å². The molecule has 0 radical (unpaired) electrons. The van der Waals surface area contributed by atoms with Crippen LogP contribution in [0.25, 0.3) is 0 Å². The monoisotopic (exact) mass is 272 g/mol. The van der Waals surface area contributed by atoms with Gasteiger partial charge in [0.1, 0.15) is 5.66 Å². The topological polar surface area (TPSA) is 58.2 Å². The number of nitrogens with one attached hydrogen (secondary N) is 2. The van der Waals surface area contributed by atoms with Crippen LogP contribution in [-0.4, -0.2) is 11.8 Å².